The zero-order valence-corrected chi connectivity index (χ0v) is 43.4. The molecule has 2 unspecified atom stereocenters. The summed E-state index contributed by atoms with van der Waals surface area (Å²) >= 11 is 0. The molecule has 2 atom stereocenters. The second kappa shape index (κ2) is 47.7. The minimum absolute atomic E-state index is 0.0844. The fourth-order valence-corrected chi connectivity index (χ4v) is 8.03. The van der Waals surface area contributed by atoms with Crippen LogP contribution in [0.15, 0.2) is 60.8 Å². The summed E-state index contributed by atoms with van der Waals surface area (Å²) < 4.78 is 35.2. The first-order valence-electron chi connectivity index (χ1n) is 26.5. The molecule has 0 aromatic rings. The van der Waals surface area contributed by atoms with Gasteiger partial charge in [-0.05, 0) is 57.8 Å². The predicted molar refractivity (Wildman–Crippen MR) is 275 cm³/mol. The number of unbranched alkanes of at least 4 members (excludes halogenated alkanes) is 25. The van der Waals surface area contributed by atoms with Crippen molar-refractivity contribution in [1.29, 1.82) is 0 Å². The number of phosphoric acid groups is 1. The molecular formula is C55H103NO7P+. The largest absolute Gasteiger partial charge is 0.472 e. The number of nitrogens with zero attached hydrogens (tertiary/aromatic N) is 1. The molecule has 0 rings (SSSR count). The van der Waals surface area contributed by atoms with Crippen molar-refractivity contribution in [3.63, 3.8) is 0 Å². The van der Waals surface area contributed by atoms with Gasteiger partial charge in [-0.3, -0.25) is 13.8 Å². The summed E-state index contributed by atoms with van der Waals surface area (Å²) in [6.07, 6.45) is 61.3. The zero-order chi connectivity index (χ0) is 46.9. The molecule has 0 saturated heterocycles. The van der Waals surface area contributed by atoms with Crippen LogP contribution in [-0.4, -0.2) is 75.6 Å². The van der Waals surface area contributed by atoms with Crippen molar-refractivity contribution in [2.75, 3.05) is 54.1 Å². The molecule has 0 spiro atoms. The van der Waals surface area contributed by atoms with Crippen molar-refractivity contribution in [3.8, 4) is 0 Å². The number of hydrogen-bond donors (Lipinski definition) is 1. The first-order chi connectivity index (χ1) is 31.1. The van der Waals surface area contributed by atoms with Crippen LogP contribution in [-0.2, 0) is 27.9 Å². The third-order valence-corrected chi connectivity index (χ3v) is 12.3. The van der Waals surface area contributed by atoms with Crippen LogP contribution in [0.4, 0.5) is 0 Å². The Hall–Kier alpha value is -1.80. The average molecular weight is 921 g/mol. The fourth-order valence-electron chi connectivity index (χ4n) is 7.29. The highest BCUT2D eigenvalue weighted by molar-refractivity contribution is 7.47. The van der Waals surface area contributed by atoms with Crippen LogP contribution < -0.4 is 0 Å². The molecule has 0 fully saturated rings. The maximum absolute atomic E-state index is 12.8. The van der Waals surface area contributed by atoms with Crippen LogP contribution in [0.3, 0.4) is 0 Å². The van der Waals surface area contributed by atoms with E-state index in [1.54, 1.807) is 0 Å². The van der Waals surface area contributed by atoms with E-state index in [2.05, 4.69) is 74.6 Å². The highest BCUT2D eigenvalue weighted by atomic mass is 31.2. The van der Waals surface area contributed by atoms with Crippen LogP contribution in [0.2, 0.25) is 0 Å². The quantitative estimate of drug-likeness (QED) is 0.0214. The summed E-state index contributed by atoms with van der Waals surface area (Å²) in [5.74, 6) is -0.317. The van der Waals surface area contributed by atoms with Gasteiger partial charge >= 0.3 is 13.8 Å². The van der Waals surface area contributed by atoms with Crippen molar-refractivity contribution in [3.05, 3.63) is 60.8 Å². The lowest BCUT2D eigenvalue weighted by Crippen LogP contribution is -2.37. The Morgan fingerprint density at radius 3 is 1.36 bits per heavy atom. The monoisotopic (exact) mass is 921 g/mol. The lowest BCUT2D eigenvalue weighted by Gasteiger charge is -2.24. The van der Waals surface area contributed by atoms with Crippen LogP contribution in [0.1, 0.15) is 226 Å². The first kappa shape index (κ1) is 62.2. The Labute approximate surface area is 396 Å². The average Bonchev–Trinajstić information content (AvgIpc) is 3.25. The zero-order valence-electron chi connectivity index (χ0n) is 42.5. The molecule has 0 aliphatic carbocycles. The molecule has 0 amide bonds. The number of carbonyl (C=O) groups excluding carboxylic acids is 1. The van der Waals surface area contributed by atoms with E-state index in [1.165, 1.54) is 128 Å². The molecular weight excluding hydrogens is 818 g/mol. The molecule has 9 heteroatoms. The number of phosphoric ester groups is 1. The number of rotatable bonds is 49. The Morgan fingerprint density at radius 2 is 0.906 bits per heavy atom. The highest BCUT2D eigenvalue weighted by Gasteiger charge is 2.26. The van der Waals surface area contributed by atoms with E-state index < -0.39 is 13.9 Å². The van der Waals surface area contributed by atoms with Gasteiger partial charge in [-0.2, -0.15) is 0 Å². The fraction of sp³-hybridized carbons (Fsp3) is 0.800. The molecule has 0 aromatic heterocycles. The number of carbonyl (C=O) groups is 1. The number of ether oxygens (including phenoxy) is 2. The van der Waals surface area contributed by atoms with Gasteiger partial charge in [-0.25, -0.2) is 4.57 Å². The Kier molecular flexibility index (Phi) is 46.3. The number of allylic oxidation sites excluding steroid dienone is 10. The third-order valence-electron chi connectivity index (χ3n) is 11.3. The van der Waals surface area contributed by atoms with Crippen molar-refractivity contribution >= 4 is 13.8 Å². The predicted octanol–water partition coefficient (Wildman–Crippen LogP) is 16.4. The summed E-state index contributed by atoms with van der Waals surface area (Å²) in [7, 11) is 1.66. The number of hydrogen-bond acceptors (Lipinski definition) is 6. The number of likely N-dealkylation sites (N-methyl/N-ethyl adjacent to an activating group) is 1. The van der Waals surface area contributed by atoms with Gasteiger partial charge in [0.15, 0.2) is 0 Å². The van der Waals surface area contributed by atoms with Crippen LogP contribution in [0.25, 0.3) is 0 Å². The first-order valence-corrected chi connectivity index (χ1v) is 28.0. The molecule has 0 saturated carbocycles. The molecule has 8 nitrogen and oxygen atoms in total. The Balaban J connectivity index is 4.15. The second-order valence-electron chi connectivity index (χ2n) is 18.9. The topological polar surface area (TPSA) is 91.3 Å². The molecule has 0 aromatic carbocycles. The van der Waals surface area contributed by atoms with Gasteiger partial charge in [0.05, 0.1) is 34.4 Å². The van der Waals surface area contributed by atoms with Gasteiger partial charge in [0, 0.05) is 13.0 Å². The Bertz CT molecular complexity index is 1210. The SMILES string of the molecule is CC/C=C\C/C=C\C/C=C\C/C=C\C/C=C\CCCCCCCCOCC(COP(=O)(O)OCC[N+](C)(C)C)OC(=O)CCCCCCCCCCCCCCCCCCCCCC. The number of quaternary nitrogens is 1. The standard InChI is InChI=1S/C55H102NO7P/c1-6-8-10-12-14-16-18-20-22-24-26-28-29-31-33-35-37-39-41-43-45-47-50-60-52-54(53-62-64(58,59)61-51-49-56(3,4)5)63-55(57)48-46-44-42-40-38-36-34-32-30-27-25-23-21-19-17-15-13-11-9-7-2/h8,10,14,16,20,22,26,28,31,33,54H,6-7,9,11-13,15,17-19,21,23-25,27,29-30,32,34-53H2,1-5H3/p+1/b10-8-,16-14-,22-20-,28-26-,33-31-. The van der Waals surface area contributed by atoms with Gasteiger partial charge in [0.1, 0.15) is 19.3 Å². The molecule has 0 heterocycles. The summed E-state index contributed by atoms with van der Waals surface area (Å²) in [6, 6.07) is 0. The lowest BCUT2D eigenvalue weighted by molar-refractivity contribution is -0.870. The van der Waals surface area contributed by atoms with E-state index >= 15 is 0 Å². The van der Waals surface area contributed by atoms with Crippen LogP contribution >= 0.6 is 7.82 Å². The van der Waals surface area contributed by atoms with E-state index in [9.17, 15) is 14.3 Å². The molecule has 0 aliphatic heterocycles. The summed E-state index contributed by atoms with van der Waals surface area (Å²) in [6.45, 7) is 5.50. The van der Waals surface area contributed by atoms with Gasteiger partial charge in [0.25, 0.3) is 0 Å². The van der Waals surface area contributed by atoms with Crippen molar-refractivity contribution in [2.45, 2.75) is 232 Å². The molecule has 0 aliphatic rings. The van der Waals surface area contributed by atoms with Gasteiger partial charge in [0.2, 0.25) is 0 Å². The molecule has 1 N–H and O–H groups in total. The summed E-state index contributed by atoms with van der Waals surface area (Å²) in [4.78, 5) is 23.0. The van der Waals surface area contributed by atoms with Gasteiger partial charge in [-0.1, -0.05) is 222 Å². The number of esters is 1. The maximum atomic E-state index is 12.8. The van der Waals surface area contributed by atoms with Gasteiger partial charge < -0.3 is 18.9 Å². The minimum Gasteiger partial charge on any atom is -0.457 e. The van der Waals surface area contributed by atoms with E-state index in [0.29, 0.717) is 24.1 Å². The van der Waals surface area contributed by atoms with Crippen LogP contribution in [0, 0.1) is 0 Å². The minimum atomic E-state index is -4.29. The van der Waals surface area contributed by atoms with E-state index in [1.807, 2.05) is 21.1 Å². The molecule has 0 bridgehead atoms. The second-order valence-corrected chi connectivity index (χ2v) is 20.3. The van der Waals surface area contributed by atoms with Gasteiger partial charge in [-0.15, -0.1) is 0 Å². The maximum Gasteiger partial charge on any atom is 0.472 e. The highest BCUT2D eigenvalue weighted by Crippen LogP contribution is 2.43. The lowest BCUT2D eigenvalue weighted by atomic mass is 10.0. The molecule has 0 radical (unpaired) electrons. The van der Waals surface area contributed by atoms with Crippen molar-refractivity contribution in [2.24, 2.45) is 0 Å². The van der Waals surface area contributed by atoms with Crippen molar-refractivity contribution < 1.29 is 37.3 Å². The molecule has 374 valence electrons. The molecule has 64 heavy (non-hydrogen) atoms. The summed E-state index contributed by atoms with van der Waals surface area (Å²) in [5.41, 5.74) is 0. The normalized spacial score (nSPS) is 14.0. The third kappa shape index (κ3) is 51.2. The van der Waals surface area contributed by atoms with Crippen LogP contribution in [0.5, 0.6) is 0 Å². The summed E-state index contributed by atoms with van der Waals surface area (Å²) in [5, 5.41) is 0. The van der Waals surface area contributed by atoms with E-state index in [4.69, 9.17) is 18.5 Å². The Morgan fingerprint density at radius 1 is 0.500 bits per heavy atom. The van der Waals surface area contributed by atoms with Crippen molar-refractivity contribution in [1.82, 2.24) is 0 Å². The van der Waals surface area contributed by atoms with E-state index in [0.717, 1.165) is 77.0 Å². The smallest absolute Gasteiger partial charge is 0.457 e. The van der Waals surface area contributed by atoms with E-state index in [-0.39, 0.29) is 25.8 Å².